The molecular weight excluding hydrogens is 299 g/mol. The van der Waals surface area contributed by atoms with Crippen LogP contribution in [0.25, 0.3) is 0 Å². The summed E-state index contributed by atoms with van der Waals surface area (Å²) in [5, 5.41) is 2.41. The van der Waals surface area contributed by atoms with E-state index < -0.39 is 0 Å². The lowest BCUT2D eigenvalue weighted by Crippen LogP contribution is -1.98. The molecule has 0 aliphatic heterocycles. The molecule has 1 heterocycles. The smallest absolute Gasteiger partial charge is 0.0975 e. The van der Waals surface area contributed by atoms with Gasteiger partial charge in [-0.3, -0.25) is 0 Å². The lowest BCUT2D eigenvalue weighted by molar-refractivity contribution is 0.863. The number of aromatic nitrogens is 1. The maximum Gasteiger partial charge on any atom is 0.0975 e. The van der Waals surface area contributed by atoms with Gasteiger partial charge in [0, 0.05) is 27.9 Å². The molecule has 0 bridgehead atoms. The molecule has 2 nitrogen and oxygen atoms in total. The van der Waals surface area contributed by atoms with Crippen LogP contribution in [0.15, 0.2) is 18.2 Å². The number of aryl methyl sites for hydroxylation is 1. The Kier molecular flexibility index (Phi) is 5.22. The molecule has 0 aliphatic carbocycles. The van der Waals surface area contributed by atoms with E-state index in [9.17, 15) is 0 Å². The van der Waals surface area contributed by atoms with Crippen molar-refractivity contribution in [1.29, 1.82) is 0 Å². The molecule has 102 valence electrons. The molecule has 2 N–H and O–H groups in total. The number of rotatable bonds is 5. The third-order valence-electron chi connectivity index (χ3n) is 2.85. The lowest BCUT2D eigenvalue weighted by Gasteiger charge is -2.02. The standard InChI is InChI=1S/C14H16Cl2N2S/c1-2-3-12-13(8-17)19-14(18-12)6-9-4-5-10(15)7-11(9)16/h4-5,7H,2-3,6,8,17H2,1H3. The Morgan fingerprint density at radius 2 is 2.11 bits per heavy atom. The molecule has 2 aromatic rings. The molecule has 0 radical (unpaired) electrons. The van der Waals surface area contributed by atoms with Gasteiger partial charge >= 0.3 is 0 Å². The first-order valence-electron chi connectivity index (χ1n) is 6.25. The van der Waals surface area contributed by atoms with Crippen LogP contribution < -0.4 is 5.73 Å². The van der Waals surface area contributed by atoms with Crippen molar-refractivity contribution in [1.82, 2.24) is 4.98 Å². The molecule has 0 aliphatic rings. The Bertz CT molecular complexity index is 567. The van der Waals surface area contributed by atoms with Gasteiger partial charge in [0.25, 0.3) is 0 Å². The zero-order valence-corrected chi connectivity index (χ0v) is 13.1. The van der Waals surface area contributed by atoms with Gasteiger partial charge < -0.3 is 5.73 Å². The molecule has 0 spiro atoms. The average molecular weight is 315 g/mol. The van der Waals surface area contributed by atoms with Crippen molar-refractivity contribution in [2.75, 3.05) is 0 Å². The zero-order chi connectivity index (χ0) is 13.8. The van der Waals surface area contributed by atoms with Crippen molar-refractivity contribution in [2.45, 2.75) is 32.7 Å². The van der Waals surface area contributed by atoms with Crippen molar-refractivity contribution in [3.8, 4) is 0 Å². The molecule has 2 rings (SSSR count). The van der Waals surface area contributed by atoms with Crippen molar-refractivity contribution in [2.24, 2.45) is 5.73 Å². The number of hydrogen-bond donors (Lipinski definition) is 1. The number of nitrogens with two attached hydrogens (primary N) is 1. The van der Waals surface area contributed by atoms with Crippen molar-refractivity contribution in [3.05, 3.63) is 49.4 Å². The van der Waals surface area contributed by atoms with E-state index in [0.717, 1.165) is 35.5 Å². The van der Waals surface area contributed by atoms with E-state index in [1.165, 1.54) is 4.88 Å². The number of halogens is 2. The highest BCUT2D eigenvalue weighted by atomic mass is 35.5. The molecule has 1 aromatic heterocycles. The molecule has 19 heavy (non-hydrogen) atoms. The lowest BCUT2D eigenvalue weighted by atomic mass is 10.1. The van der Waals surface area contributed by atoms with Crippen LogP contribution in [0.2, 0.25) is 10.0 Å². The fourth-order valence-corrected chi connectivity index (χ4v) is 3.42. The van der Waals surface area contributed by atoms with Gasteiger partial charge in [-0.05, 0) is 24.1 Å². The minimum absolute atomic E-state index is 0.557. The maximum absolute atomic E-state index is 6.19. The van der Waals surface area contributed by atoms with Gasteiger partial charge in [0.1, 0.15) is 0 Å². The number of nitrogens with zero attached hydrogens (tertiary/aromatic N) is 1. The third-order valence-corrected chi connectivity index (χ3v) is 4.56. The van der Waals surface area contributed by atoms with Gasteiger partial charge in [0.15, 0.2) is 0 Å². The Morgan fingerprint density at radius 1 is 1.32 bits per heavy atom. The molecule has 0 atom stereocenters. The van der Waals surface area contributed by atoms with Crippen molar-refractivity contribution >= 4 is 34.5 Å². The Balaban J connectivity index is 2.23. The van der Waals surface area contributed by atoms with Gasteiger partial charge in [-0.25, -0.2) is 4.98 Å². The SMILES string of the molecule is CCCc1nc(Cc2ccc(Cl)cc2Cl)sc1CN. The number of hydrogen-bond acceptors (Lipinski definition) is 3. The van der Waals surface area contributed by atoms with Crippen LogP contribution in [0.4, 0.5) is 0 Å². The highest BCUT2D eigenvalue weighted by molar-refractivity contribution is 7.11. The minimum atomic E-state index is 0.557. The van der Waals surface area contributed by atoms with Crippen LogP contribution in [-0.2, 0) is 19.4 Å². The third kappa shape index (κ3) is 3.69. The van der Waals surface area contributed by atoms with Crippen LogP contribution in [0.5, 0.6) is 0 Å². The van der Waals surface area contributed by atoms with E-state index in [4.69, 9.17) is 28.9 Å². The summed E-state index contributed by atoms with van der Waals surface area (Å²) in [4.78, 5) is 5.86. The van der Waals surface area contributed by atoms with E-state index in [2.05, 4.69) is 11.9 Å². The second kappa shape index (κ2) is 6.71. The zero-order valence-electron chi connectivity index (χ0n) is 10.7. The predicted octanol–water partition coefficient (Wildman–Crippen LogP) is 4.45. The quantitative estimate of drug-likeness (QED) is 0.885. The van der Waals surface area contributed by atoms with Crippen molar-refractivity contribution < 1.29 is 0 Å². The number of benzene rings is 1. The molecule has 1 aromatic carbocycles. The molecule has 0 unspecified atom stereocenters. The molecule has 0 saturated heterocycles. The topological polar surface area (TPSA) is 38.9 Å². The maximum atomic E-state index is 6.19. The second-order valence-electron chi connectivity index (χ2n) is 4.34. The molecule has 0 amide bonds. The highest BCUT2D eigenvalue weighted by Gasteiger charge is 2.11. The Hall–Kier alpha value is -0.610. The molecule has 0 saturated carbocycles. The summed E-state index contributed by atoms with van der Waals surface area (Å²) in [7, 11) is 0. The Morgan fingerprint density at radius 3 is 2.74 bits per heavy atom. The van der Waals surface area contributed by atoms with E-state index in [1.807, 2.05) is 12.1 Å². The van der Waals surface area contributed by atoms with E-state index >= 15 is 0 Å². The monoisotopic (exact) mass is 314 g/mol. The van der Waals surface area contributed by atoms with Crippen LogP contribution in [0, 0.1) is 0 Å². The van der Waals surface area contributed by atoms with E-state index in [1.54, 1.807) is 17.4 Å². The van der Waals surface area contributed by atoms with E-state index in [-0.39, 0.29) is 0 Å². The predicted molar refractivity (Wildman–Crippen MR) is 83.3 cm³/mol. The Labute approximate surface area is 127 Å². The van der Waals surface area contributed by atoms with Gasteiger partial charge in [-0.2, -0.15) is 0 Å². The largest absolute Gasteiger partial charge is 0.326 e. The van der Waals surface area contributed by atoms with Crippen LogP contribution >= 0.6 is 34.5 Å². The molecule has 5 heteroatoms. The fraction of sp³-hybridized carbons (Fsp3) is 0.357. The summed E-state index contributed by atoms with van der Waals surface area (Å²) in [6, 6.07) is 5.57. The minimum Gasteiger partial charge on any atom is -0.326 e. The average Bonchev–Trinajstić information content (AvgIpc) is 2.75. The van der Waals surface area contributed by atoms with Gasteiger partial charge in [0.05, 0.1) is 10.7 Å². The summed E-state index contributed by atoms with van der Waals surface area (Å²) in [5.41, 5.74) is 7.95. The van der Waals surface area contributed by atoms with Gasteiger partial charge in [0.2, 0.25) is 0 Å². The van der Waals surface area contributed by atoms with Crippen LogP contribution in [0.1, 0.15) is 34.5 Å². The number of thiazole rings is 1. The summed E-state index contributed by atoms with van der Waals surface area (Å²) in [5.74, 6) is 0. The molecule has 0 fully saturated rings. The van der Waals surface area contributed by atoms with Crippen LogP contribution in [0.3, 0.4) is 0 Å². The van der Waals surface area contributed by atoms with E-state index in [0.29, 0.717) is 16.6 Å². The summed E-state index contributed by atoms with van der Waals surface area (Å²) in [6.07, 6.45) is 2.80. The van der Waals surface area contributed by atoms with Crippen molar-refractivity contribution in [3.63, 3.8) is 0 Å². The van der Waals surface area contributed by atoms with Gasteiger partial charge in [-0.1, -0.05) is 42.6 Å². The normalized spacial score (nSPS) is 10.9. The molecular formula is C14H16Cl2N2S. The second-order valence-corrected chi connectivity index (χ2v) is 6.36. The summed E-state index contributed by atoms with van der Waals surface area (Å²) >= 11 is 13.8. The highest BCUT2D eigenvalue weighted by Crippen LogP contribution is 2.26. The van der Waals surface area contributed by atoms with Gasteiger partial charge in [-0.15, -0.1) is 11.3 Å². The summed E-state index contributed by atoms with van der Waals surface area (Å²) in [6.45, 7) is 2.71. The summed E-state index contributed by atoms with van der Waals surface area (Å²) < 4.78 is 0. The van der Waals surface area contributed by atoms with Crippen LogP contribution in [-0.4, -0.2) is 4.98 Å². The fourth-order valence-electron chi connectivity index (χ4n) is 1.93. The first-order valence-corrected chi connectivity index (χ1v) is 7.82. The first kappa shape index (κ1) is 14.8. The first-order chi connectivity index (χ1) is 9.13.